The second-order valence-corrected chi connectivity index (χ2v) is 8.53. The predicted molar refractivity (Wildman–Crippen MR) is 138 cm³/mol. The zero-order valence-electron chi connectivity index (χ0n) is 20.8. The van der Waals surface area contributed by atoms with Gasteiger partial charge in [0.25, 0.3) is 5.56 Å². The monoisotopic (exact) mass is 554 g/mol. The van der Waals surface area contributed by atoms with Crippen LogP contribution in [0.15, 0.2) is 41.5 Å². The number of nitrogens with two attached hydrogens (primary N) is 1. The molecule has 1 aromatic carbocycles. The third kappa shape index (κ3) is 6.59. The molecule has 0 aliphatic carbocycles. The SMILES string of the molecule is CCOc1cc(=O)[nH]cc1-c1ncc(NC(=O)Nc2ccc(C(C)(C)C(N)=O)c(C(F)(F)F)c2)c(C)n1.Cl. The molecule has 38 heavy (non-hydrogen) atoms. The second kappa shape index (κ2) is 11.5. The maximum absolute atomic E-state index is 13.7. The Morgan fingerprint density at radius 3 is 2.39 bits per heavy atom. The lowest BCUT2D eigenvalue weighted by Gasteiger charge is -2.26. The van der Waals surface area contributed by atoms with Gasteiger partial charge < -0.3 is 26.1 Å². The van der Waals surface area contributed by atoms with E-state index in [1.807, 2.05) is 0 Å². The summed E-state index contributed by atoms with van der Waals surface area (Å²) < 4.78 is 46.6. The number of urea groups is 1. The number of hydrogen-bond donors (Lipinski definition) is 4. The molecule has 0 aliphatic heterocycles. The Labute approximate surface area is 221 Å². The summed E-state index contributed by atoms with van der Waals surface area (Å²) in [6, 6.07) is 3.51. The van der Waals surface area contributed by atoms with Gasteiger partial charge in [-0.3, -0.25) is 9.59 Å². The van der Waals surface area contributed by atoms with Crippen molar-refractivity contribution in [3.8, 4) is 17.1 Å². The number of pyridine rings is 1. The molecule has 3 rings (SSSR count). The Balaban J connectivity index is 0.00000507. The van der Waals surface area contributed by atoms with Crippen molar-refractivity contribution in [3.63, 3.8) is 0 Å². The maximum Gasteiger partial charge on any atom is 0.416 e. The number of primary amides is 1. The van der Waals surface area contributed by atoms with Crippen LogP contribution in [-0.4, -0.2) is 33.5 Å². The van der Waals surface area contributed by atoms with Crippen molar-refractivity contribution in [2.75, 3.05) is 17.2 Å². The molecule has 3 aromatic rings. The van der Waals surface area contributed by atoms with Crippen LogP contribution in [0.2, 0.25) is 0 Å². The summed E-state index contributed by atoms with van der Waals surface area (Å²) in [5.41, 5.74) is 2.76. The highest BCUT2D eigenvalue weighted by Crippen LogP contribution is 2.39. The van der Waals surface area contributed by atoms with E-state index in [0.717, 1.165) is 12.1 Å². The van der Waals surface area contributed by atoms with E-state index >= 15 is 0 Å². The van der Waals surface area contributed by atoms with E-state index in [0.29, 0.717) is 17.9 Å². The molecule has 0 spiro atoms. The van der Waals surface area contributed by atoms with Crippen molar-refractivity contribution >= 4 is 35.7 Å². The lowest BCUT2D eigenvalue weighted by molar-refractivity contribution is -0.139. The molecule has 0 bridgehead atoms. The fraction of sp³-hybridized carbons (Fsp3) is 0.292. The molecule has 0 radical (unpaired) electrons. The van der Waals surface area contributed by atoms with Gasteiger partial charge in [0.2, 0.25) is 5.91 Å². The fourth-order valence-corrected chi connectivity index (χ4v) is 3.44. The summed E-state index contributed by atoms with van der Waals surface area (Å²) in [7, 11) is 0. The average molecular weight is 555 g/mol. The van der Waals surface area contributed by atoms with E-state index < -0.39 is 29.1 Å². The third-order valence-corrected chi connectivity index (χ3v) is 5.53. The fourth-order valence-electron chi connectivity index (χ4n) is 3.44. The number of anilines is 2. The Morgan fingerprint density at radius 2 is 1.82 bits per heavy atom. The summed E-state index contributed by atoms with van der Waals surface area (Å²) >= 11 is 0. The van der Waals surface area contributed by atoms with Crippen molar-refractivity contribution in [3.05, 3.63) is 63.8 Å². The number of amides is 3. The van der Waals surface area contributed by atoms with Gasteiger partial charge in [-0.2, -0.15) is 13.2 Å². The molecule has 0 fully saturated rings. The number of aryl methyl sites for hydroxylation is 1. The van der Waals surface area contributed by atoms with Gasteiger partial charge in [0.15, 0.2) is 5.82 Å². The molecule has 0 saturated heterocycles. The summed E-state index contributed by atoms with van der Waals surface area (Å²) in [5.74, 6) is -0.413. The Bertz CT molecular complexity index is 1410. The number of benzene rings is 1. The van der Waals surface area contributed by atoms with Crippen LogP contribution < -0.4 is 26.7 Å². The standard InChI is InChI=1S/C24H25F3N6O4.ClH/c1-5-37-18-9-19(34)29-10-14(18)20-30-11-17(12(2)31-20)33-22(36)32-13-6-7-15(23(3,4)21(28)35)16(8-13)24(25,26)27;/h6-11H,5H2,1-4H3,(H2,28,35)(H,29,34)(H2,32,33,36);1H. The number of H-pyrrole nitrogens is 1. The minimum atomic E-state index is -4.79. The summed E-state index contributed by atoms with van der Waals surface area (Å²) in [4.78, 5) is 46.9. The molecule has 2 aromatic heterocycles. The molecule has 204 valence electrons. The van der Waals surface area contributed by atoms with Gasteiger partial charge in [-0.15, -0.1) is 12.4 Å². The molecule has 10 nitrogen and oxygen atoms in total. The van der Waals surface area contributed by atoms with Crippen molar-refractivity contribution in [1.29, 1.82) is 0 Å². The zero-order valence-corrected chi connectivity index (χ0v) is 21.6. The van der Waals surface area contributed by atoms with E-state index in [-0.39, 0.29) is 46.5 Å². The van der Waals surface area contributed by atoms with E-state index in [2.05, 4.69) is 25.6 Å². The molecule has 3 amide bonds. The van der Waals surface area contributed by atoms with E-state index in [9.17, 15) is 27.6 Å². The summed E-state index contributed by atoms with van der Waals surface area (Å²) in [6.45, 7) is 6.24. The van der Waals surface area contributed by atoms with E-state index in [4.69, 9.17) is 10.5 Å². The highest BCUT2D eigenvalue weighted by atomic mass is 35.5. The van der Waals surface area contributed by atoms with Crippen LogP contribution >= 0.6 is 12.4 Å². The van der Waals surface area contributed by atoms with Crippen molar-refractivity contribution < 1.29 is 27.5 Å². The zero-order chi connectivity index (χ0) is 27.5. The number of aromatic amines is 1. The lowest BCUT2D eigenvalue weighted by atomic mass is 9.80. The van der Waals surface area contributed by atoms with Crippen LogP contribution in [0.4, 0.5) is 29.3 Å². The molecule has 14 heteroatoms. The second-order valence-electron chi connectivity index (χ2n) is 8.53. The Morgan fingerprint density at radius 1 is 1.13 bits per heavy atom. The number of halogens is 4. The van der Waals surface area contributed by atoms with Gasteiger partial charge in [0.1, 0.15) is 5.75 Å². The van der Waals surface area contributed by atoms with E-state index in [1.54, 1.807) is 13.8 Å². The van der Waals surface area contributed by atoms with Gasteiger partial charge in [-0.25, -0.2) is 14.8 Å². The minimum absolute atomic E-state index is 0. The first-order valence-corrected chi connectivity index (χ1v) is 11.0. The number of carbonyl (C=O) groups excluding carboxylic acids is 2. The third-order valence-electron chi connectivity index (χ3n) is 5.53. The predicted octanol–water partition coefficient (Wildman–Crippen LogP) is 4.39. The topological polar surface area (TPSA) is 152 Å². The van der Waals surface area contributed by atoms with Gasteiger partial charge >= 0.3 is 12.2 Å². The first kappa shape index (κ1) is 30.1. The quantitative estimate of drug-likeness (QED) is 0.340. The maximum atomic E-state index is 13.7. The lowest BCUT2D eigenvalue weighted by Crippen LogP contribution is -2.37. The highest BCUT2D eigenvalue weighted by Gasteiger charge is 2.40. The molecular formula is C24H26ClF3N6O4. The van der Waals surface area contributed by atoms with Crippen LogP contribution in [0, 0.1) is 6.92 Å². The Kier molecular flexibility index (Phi) is 9.11. The highest BCUT2D eigenvalue weighted by molar-refractivity contribution is 6.00. The number of alkyl halides is 3. The van der Waals surface area contributed by atoms with Crippen LogP contribution in [0.1, 0.15) is 37.6 Å². The van der Waals surface area contributed by atoms with Gasteiger partial charge in [0.05, 0.1) is 40.7 Å². The number of rotatable bonds is 7. The van der Waals surface area contributed by atoms with Crippen LogP contribution in [0.3, 0.4) is 0 Å². The smallest absolute Gasteiger partial charge is 0.416 e. The molecule has 5 N–H and O–H groups in total. The normalized spacial score (nSPS) is 11.3. The van der Waals surface area contributed by atoms with Gasteiger partial charge in [-0.05, 0) is 45.4 Å². The molecular weight excluding hydrogens is 529 g/mol. The summed E-state index contributed by atoms with van der Waals surface area (Å²) in [5, 5.41) is 4.82. The molecule has 0 aliphatic rings. The Hall–Kier alpha value is -4.13. The number of hydrogen-bond acceptors (Lipinski definition) is 6. The molecule has 2 heterocycles. The van der Waals surface area contributed by atoms with Gasteiger partial charge in [-0.1, -0.05) is 6.07 Å². The summed E-state index contributed by atoms with van der Waals surface area (Å²) in [6.07, 6.45) is -2.07. The van der Waals surface area contributed by atoms with Crippen LogP contribution in [0.25, 0.3) is 11.4 Å². The number of ether oxygens (including phenoxy) is 1. The molecule has 0 saturated carbocycles. The number of aromatic nitrogens is 3. The average Bonchev–Trinajstić information content (AvgIpc) is 2.80. The molecule has 0 unspecified atom stereocenters. The van der Waals surface area contributed by atoms with E-state index in [1.165, 1.54) is 38.4 Å². The number of nitrogens with zero attached hydrogens (tertiary/aromatic N) is 2. The molecule has 0 atom stereocenters. The largest absolute Gasteiger partial charge is 0.493 e. The van der Waals surface area contributed by atoms with Gasteiger partial charge in [0, 0.05) is 18.0 Å². The number of carbonyl (C=O) groups is 2. The first-order valence-electron chi connectivity index (χ1n) is 11.0. The first-order chi connectivity index (χ1) is 17.2. The van der Waals surface area contributed by atoms with Crippen LogP contribution in [-0.2, 0) is 16.4 Å². The minimum Gasteiger partial charge on any atom is -0.493 e. The van der Waals surface area contributed by atoms with Crippen molar-refractivity contribution in [2.24, 2.45) is 5.73 Å². The van der Waals surface area contributed by atoms with Crippen molar-refractivity contribution in [1.82, 2.24) is 15.0 Å². The van der Waals surface area contributed by atoms with Crippen LogP contribution in [0.5, 0.6) is 5.75 Å². The number of nitrogens with one attached hydrogen (secondary N) is 3. The van der Waals surface area contributed by atoms with Crippen molar-refractivity contribution in [2.45, 2.75) is 39.3 Å².